The van der Waals surface area contributed by atoms with Crippen LogP contribution in [-0.4, -0.2) is 57.7 Å². The minimum absolute atomic E-state index is 0.189. The highest BCUT2D eigenvalue weighted by Crippen LogP contribution is 2.35. The van der Waals surface area contributed by atoms with Gasteiger partial charge in [-0.1, -0.05) is 6.07 Å². The summed E-state index contributed by atoms with van der Waals surface area (Å²) in [5.41, 5.74) is 2.95. The number of carbonyl (C=O) groups excluding carboxylic acids is 1. The van der Waals surface area contributed by atoms with Gasteiger partial charge < -0.3 is 24.9 Å². The molecule has 3 aromatic rings. The van der Waals surface area contributed by atoms with E-state index in [0.717, 1.165) is 48.4 Å². The van der Waals surface area contributed by atoms with E-state index < -0.39 is 6.10 Å². The molecule has 1 amide bonds. The molecule has 2 aromatic heterocycles. The minimum atomic E-state index is -0.669. The average molecular weight is 556 g/mol. The molecule has 190 valence electrons. The molecule has 1 aromatic carbocycles. The van der Waals surface area contributed by atoms with Gasteiger partial charge in [-0.25, -0.2) is 9.97 Å². The number of aromatic nitrogens is 2. The topological polar surface area (TPSA) is 113 Å². The number of hydrogen-bond acceptors (Lipinski definition) is 8. The van der Waals surface area contributed by atoms with E-state index in [1.54, 1.807) is 24.5 Å². The number of hydrogen-bond donors (Lipinski definition) is 3. The number of aliphatic hydroxyl groups excluding tert-OH is 1. The van der Waals surface area contributed by atoms with Gasteiger partial charge in [-0.2, -0.15) is 0 Å². The highest BCUT2D eigenvalue weighted by atomic mass is 79.9. The number of aliphatic hydroxyl groups is 1. The van der Waals surface area contributed by atoms with Gasteiger partial charge in [-0.3, -0.25) is 9.69 Å². The first-order chi connectivity index (χ1) is 17.5. The number of pyridine rings is 1. The Morgan fingerprint density at radius 3 is 3.00 bits per heavy atom. The van der Waals surface area contributed by atoms with Crippen molar-refractivity contribution in [2.45, 2.75) is 51.0 Å². The Kier molecular flexibility index (Phi) is 7.84. The highest BCUT2D eigenvalue weighted by molar-refractivity contribution is 9.10. The van der Waals surface area contributed by atoms with Crippen molar-refractivity contribution in [2.75, 3.05) is 25.0 Å². The van der Waals surface area contributed by atoms with Crippen molar-refractivity contribution in [3.63, 3.8) is 0 Å². The van der Waals surface area contributed by atoms with Crippen LogP contribution in [-0.2, 0) is 19.6 Å². The predicted octanol–water partition coefficient (Wildman–Crippen LogP) is 3.52. The number of ether oxygens (including phenoxy) is 1. The van der Waals surface area contributed by atoms with Gasteiger partial charge in [0.25, 0.3) is 5.91 Å². The van der Waals surface area contributed by atoms with E-state index in [1.165, 1.54) is 23.9 Å². The van der Waals surface area contributed by atoms with Crippen LogP contribution in [0.15, 0.2) is 51.9 Å². The number of oxazole rings is 1. The monoisotopic (exact) mass is 555 g/mol. The smallest absolute Gasteiger partial charge is 0.251 e. The molecule has 1 fully saturated rings. The lowest BCUT2D eigenvalue weighted by atomic mass is 9.93. The minimum Gasteiger partial charge on any atom is -0.484 e. The van der Waals surface area contributed by atoms with Crippen molar-refractivity contribution in [1.29, 1.82) is 0 Å². The van der Waals surface area contributed by atoms with Gasteiger partial charge in [0, 0.05) is 44.0 Å². The van der Waals surface area contributed by atoms with E-state index in [4.69, 9.17) is 9.15 Å². The van der Waals surface area contributed by atoms with Crippen LogP contribution in [0.1, 0.15) is 46.5 Å². The Labute approximate surface area is 218 Å². The quantitative estimate of drug-likeness (QED) is 0.348. The molecule has 3 N–H and O–H groups in total. The first kappa shape index (κ1) is 24.7. The molecule has 1 aliphatic heterocycles. The van der Waals surface area contributed by atoms with Crippen LogP contribution < -0.4 is 15.4 Å². The number of amides is 1. The number of benzene rings is 1. The number of halogens is 1. The fourth-order valence-electron chi connectivity index (χ4n) is 4.47. The van der Waals surface area contributed by atoms with Gasteiger partial charge >= 0.3 is 0 Å². The largest absolute Gasteiger partial charge is 0.484 e. The third-order valence-electron chi connectivity index (χ3n) is 6.68. The molecule has 9 nitrogen and oxygen atoms in total. The molecule has 10 heteroatoms. The summed E-state index contributed by atoms with van der Waals surface area (Å²) in [6.45, 7) is 2.52. The average Bonchev–Trinajstić information content (AvgIpc) is 3.38. The number of carbonyl (C=O) groups is 1. The third-order valence-corrected chi connectivity index (χ3v) is 7.55. The van der Waals surface area contributed by atoms with Crippen molar-refractivity contribution in [3.8, 4) is 5.75 Å². The Morgan fingerprint density at radius 2 is 2.22 bits per heavy atom. The van der Waals surface area contributed by atoms with Crippen LogP contribution in [0, 0.1) is 0 Å². The maximum Gasteiger partial charge on any atom is 0.251 e. The molecule has 1 aliphatic carbocycles. The van der Waals surface area contributed by atoms with Crippen LogP contribution in [0.2, 0.25) is 0 Å². The molecule has 1 saturated carbocycles. The van der Waals surface area contributed by atoms with Crippen molar-refractivity contribution in [3.05, 3.63) is 70.0 Å². The zero-order valence-electron chi connectivity index (χ0n) is 20.0. The van der Waals surface area contributed by atoms with Crippen molar-refractivity contribution in [1.82, 2.24) is 20.2 Å². The zero-order chi connectivity index (χ0) is 24.9. The Balaban J connectivity index is 1.10. The highest BCUT2D eigenvalue weighted by Gasteiger charge is 2.23. The second kappa shape index (κ2) is 11.4. The van der Waals surface area contributed by atoms with E-state index in [9.17, 15) is 9.90 Å². The number of nitrogens with one attached hydrogen (secondary N) is 2. The maximum atomic E-state index is 12.6. The van der Waals surface area contributed by atoms with Gasteiger partial charge in [-0.05, 0) is 70.9 Å². The summed E-state index contributed by atoms with van der Waals surface area (Å²) in [5, 5.41) is 16.8. The first-order valence-electron chi connectivity index (χ1n) is 12.3. The van der Waals surface area contributed by atoms with Crippen LogP contribution in [0.4, 0.5) is 5.82 Å². The van der Waals surface area contributed by atoms with E-state index >= 15 is 0 Å². The fourth-order valence-corrected chi connectivity index (χ4v) is 5.16. The molecule has 1 atom stereocenters. The molecule has 5 rings (SSSR count). The SMILES string of the molecule is O=C(NCC(O)CN1CCc2c(ccc(OCc3cnco3)c2Br)C1)c1ccnc(NC2CCC2)c1. The van der Waals surface area contributed by atoms with Crippen LogP contribution in [0.5, 0.6) is 5.75 Å². The first-order valence-corrected chi connectivity index (χ1v) is 13.1. The van der Waals surface area contributed by atoms with Crippen molar-refractivity contribution >= 4 is 27.7 Å². The standard InChI is InChI=1S/C26H30BrN5O4/c27-25-22-7-9-32(13-18(22)4-5-23(25)35-15-21-12-28-16-36-21)14-20(33)11-30-26(34)17-6-8-29-24(10-17)31-19-2-1-3-19/h4-6,8,10,12,16,19-20,33H,1-3,7,9,11,13-15H2,(H,29,31)(H,30,34). The molecule has 1 unspecified atom stereocenters. The summed E-state index contributed by atoms with van der Waals surface area (Å²) in [6, 6.07) is 7.92. The number of β-amino-alcohol motifs (C(OH)–C–C–N with tert-alkyl or cyclic N) is 1. The number of rotatable bonds is 10. The number of anilines is 1. The molecule has 0 spiro atoms. The second-order valence-corrected chi connectivity index (χ2v) is 10.1. The molecular formula is C26H30BrN5O4. The molecule has 2 aliphatic rings. The maximum absolute atomic E-state index is 12.6. The lowest BCUT2D eigenvalue weighted by Gasteiger charge is -2.31. The lowest BCUT2D eigenvalue weighted by molar-refractivity contribution is 0.0841. The van der Waals surface area contributed by atoms with Gasteiger partial charge in [0.2, 0.25) is 0 Å². The van der Waals surface area contributed by atoms with Crippen molar-refractivity contribution in [2.24, 2.45) is 0 Å². The molecule has 36 heavy (non-hydrogen) atoms. The van der Waals surface area contributed by atoms with E-state index in [1.807, 2.05) is 6.07 Å². The van der Waals surface area contributed by atoms with E-state index in [-0.39, 0.29) is 12.5 Å². The number of fused-ring (bicyclic) bond motifs is 1. The summed E-state index contributed by atoms with van der Waals surface area (Å²) in [5.74, 6) is 1.95. The summed E-state index contributed by atoms with van der Waals surface area (Å²) in [6.07, 6.45) is 8.34. The molecule has 0 radical (unpaired) electrons. The molecule has 0 saturated heterocycles. The van der Waals surface area contributed by atoms with Crippen LogP contribution in [0.25, 0.3) is 0 Å². The van der Waals surface area contributed by atoms with Gasteiger partial charge in [0.1, 0.15) is 18.2 Å². The Hall–Kier alpha value is -2.95. The predicted molar refractivity (Wildman–Crippen MR) is 138 cm³/mol. The molecule has 0 bridgehead atoms. The molecular weight excluding hydrogens is 526 g/mol. The summed E-state index contributed by atoms with van der Waals surface area (Å²) < 4.78 is 12.1. The Morgan fingerprint density at radius 1 is 1.33 bits per heavy atom. The van der Waals surface area contributed by atoms with Crippen LogP contribution >= 0.6 is 15.9 Å². The second-order valence-electron chi connectivity index (χ2n) is 9.32. The lowest BCUT2D eigenvalue weighted by Crippen LogP contribution is -2.42. The van der Waals surface area contributed by atoms with Gasteiger partial charge in [0.15, 0.2) is 12.2 Å². The third kappa shape index (κ3) is 6.05. The van der Waals surface area contributed by atoms with Crippen molar-refractivity contribution < 1.29 is 19.1 Å². The van der Waals surface area contributed by atoms with Gasteiger partial charge in [-0.15, -0.1) is 0 Å². The van der Waals surface area contributed by atoms with Crippen LogP contribution in [0.3, 0.4) is 0 Å². The zero-order valence-corrected chi connectivity index (χ0v) is 21.5. The van der Waals surface area contributed by atoms with E-state index in [2.05, 4.69) is 47.5 Å². The van der Waals surface area contributed by atoms with E-state index in [0.29, 0.717) is 30.5 Å². The fraction of sp³-hybridized carbons (Fsp3) is 0.423. The normalized spacial score (nSPS) is 16.6. The summed E-state index contributed by atoms with van der Waals surface area (Å²) >= 11 is 3.69. The van der Waals surface area contributed by atoms with Gasteiger partial charge in [0.05, 0.1) is 16.8 Å². The number of nitrogens with zero attached hydrogens (tertiary/aromatic N) is 3. The molecule has 3 heterocycles. The Bertz CT molecular complexity index is 1190. The summed E-state index contributed by atoms with van der Waals surface area (Å²) in [4.78, 5) is 23.0. The summed E-state index contributed by atoms with van der Waals surface area (Å²) in [7, 11) is 0.